The highest BCUT2D eigenvalue weighted by Gasteiger charge is 2.33. The van der Waals surface area contributed by atoms with E-state index in [-0.39, 0.29) is 36.3 Å². The third kappa shape index (κ3) is 5.59. The third-order valence-electron chi connectivity index (χ3n) is 4.67. The molecule has 8 nitrogen and oxygen atoms in total. The number of hydrogen-bond donors (Lipinski definition) is 2. The molecule has 1 saturated heterocycles. The Bertz CT molecular complexity index is 945. The molecule has 0 radical (unpaired) electrons. The molecule has 0 unspecified atom stereocenters. The molecule has 2 heterocycles. The monoisotopic (exact) mass is 439 g/mol. The number of furan rings is 1. The number of rotatable bonds is 7. The summed E-state index contributed by atoms with van der Waals surface area (Å²) in [5.74, 6) is -0.589. The van der Waals surface area contributed by atoms with Gasteiger partial charge in [-0.2, -0.15) is 4.31 Å². The van der Waals surface area contributed by atoms with Gasteiger partial charge in [-0.05, 0) is 49.2 Å². The molecular weight excluding hydrogens is 418 g/mol. The molecule has 10 heteroatoms. The van der Waals surface area contributed by atoms with E-state index in [2.05, 4.69) is 10.6 Å². The molecule has 2 amide bonds. The Balaban J connectivity index is 1.52. The van der Waals surface area contributed by atoms with Crippen molar-refractivity contribution in [3.63, 3.8) is 0 Å². The summed E-state index contributed by atoms with van der Waals surface area (Å²) in [4.78, 5) is 24.5. The van der Waals surface area contributed by atoms with Gasteiger partial charge in [0.2, 0.25) is 21.8 Å². The van der Waals surface area contributed by atoms with E-state index in [1.165, 1.54) is 34.8 Å². The van der Waals surface area contributed by atoms with E-state index in [0.29, 0.717) is 30.2 Å². The van der Waals surface area contributed by atoms with E-state index in [9.17, 15) is 18.0 Å². The maximum Gasteiger partial charge on any atom is 0.243 e. The van der Waals surface area contributed by atoms with Gasteiger partial charge in [0, 0.05) is 18.1 Å². The summed E-state index contributed by atoms with van der Waals surface area (Å²) >= 11 is 5.82. The van der Waals surface area contributed by atoms with Crippen molar-refractivity contribution in [2.45, 2.75) is 24.3 Å². The van der Waals surface area contributed by atoms with Crippen LogP contribution in [0.1, 0.15) is 18.6 Å². The van der Waals surface area contributed by atoms with Crippen LogP contribution in [0.25, 0.3) is 0 Å². The zero-order valence-electron chi connectivity index (χ0n) is 15.6. The lowest BCUT2D eigenvalue weighted by molar-refractivity contribution is -0.129. The first-order valence-electron chi connectivity index (χ1n) is 9.19. The fourth-order valence-electron chi connectivity index (χ4n) is 3.10. The molecule has 156 valence electrons. The van der Waals surface area contributed by atoms with Crippen LogP contribution >= 0.6 is 11.6 Å². The minimum atomic E-state index is -3.71. The van der Waals surface area contributed by atoms with Gasteiger partial charge in [-0.15, -0.1) is 0 Å². The first-order valence-corrected chi connectivity index (χ1v) is 11.0. The number of amides is 2. The van der Waals surface area contributed by atoms with Crippen molar-refractivity contribution in [3.05, 3.63) is 53.4 Å². The average Bonchev–Trinajstić information content (AvgIpc) is 3.24. The summed E-state index contributed by atoms with van der Waals surface area (Å²) in [6, 6.07) is 9.38. The zero-order valence-corrected chi connectivity index (χ0v) is 17.2. The van der Waals surface area contributed by atoms with Crippen LogP contribution in [0.4, 0.5) is 0 Å². The fraction of sp³-hybridized carbons (Fsp3) is 0.368. The lowest BCUT2D eigenvalue weighted by atomic mass is 9.99. The highest BCUT2D eigenvalue weighted by molar-refractivity contribution is 7.89. The number of hydrogen-bond acceptors (Lipinski definition) is 5. The lowest BCUT2D eigenvalue weighted by Gasteiger charge is -2.31. The van der Waals surface area contributed by atoms with Crippen LogP contribution in [0, 0.1) is 5.92 Å². The van der Waals surface area contributed by atoms with Crippen molar-refractivity contribution in [2.75, 3.05) is 19.6 Å². The van der Waals surface area contributed by atoms with Gasteiger partial charge in [0.1, 0.15) is 5.76 Å². The molecule has 1 atom stereocenters. The molecular formula is C19H22ClN3O5S. The van der Waals surface area contributed by atoms with Crippen molar-refractivity contribution >= 4 is 33.4 Å². The van der Waals surface area contributed by atoms with E-state index in [4.69, 9.17) is 16.0 Å². The topological polar surface area (TPSA) is 109 Å². The molecule has 0 spiro atoms. The predicted molar refractivity (Wildman–Crippen MR) is 106 cm³/mol. The molecule has 0 saturated carbocycles. The summed E-state index contributed by atoms with van der Waals surface area (Å²) in [6.07, 6.45) is 2.64. The molecule has 3 rings (SSSR count). The van der Waals surface area contributed by atoms with Gasteiger partial charge in [0.05, 0.1) is 30.2 Å². The maximum atomic E-state index is 12.8. The maximum absolute atomic E-state index is 12.8. The first-order chi connectivity index (χ1) is 13.9. The average molecular weight is 440 g/mol. The van der Waals surface area contributed by atoms with Crippen molar-refractivity contribution in [1.29, 1.82) is 0 Å². The summed E-state index contributed by atoms with van der Waals surface area (Å²) in [5.41, 5.74) is 0. The molecule has 1 fully saturated rings. The summed E-state index contributed by atoms with van der Waals surface area (Å²) < 4.78 is 32.0. The minimum Gasteiger partial charge on any atom is -0.467 e. The van der Waals surface area contributed by atoms with Crippen LogP contribution in [-0.2, 0) is 26.2 Å². The Labute approximate surface area is 174 Å². The van der Waals surface area contributed by atoms with E-state index in [1.807, 2.05) is 0 Å². The molecule has 1 aliphatic heterocycles. The number of halogens is 1. The van der Waals surface area contributed by atoms with Crippen LogP contribution in [0.15, 0.2) is 52.0 Å². The molecule has 2 aromatic rings. The highest BCUT2D eigenvalue weighted by Crippen LogP contribution is 2.24. The van der Waals surface area contributed by atoms with E-state index >= 15 is 0 Å². The third-order valence-corrected chi connectivity index (χ3v) is 6.80. The second-order valence-corrected chi connectivity index (χ2v) is 9.10. The highest BCUT2D eigenvalue weighted by atomic mass is 35.5. The number of nitrogens with zero attached hydrogens (tertiary/aromatic N) is 1. The quantitative estimate of drug-likeness (QED) is 0.683. The van der Waals surface area contributed by atoms with Crippen LogP contribution in [0.5, 0.6) is 0 Å². The minimum absolute atomic E-state index is 0.0742. The normalized spacial score (nSPS) is 17.6. The Morgan fingerprint density at radius 3 is 2.62 bits per heavy atom. The summed E-state index contributed by atoms with van der Waals surface area (Å²) in [6.45, 7) is 0.474. The second kappa shape index (κ2) is 9.43. The van der Waals surface area contributed by atoms with Gasteiger partial charge in [-0.3, -0.25) is 9.59 Å². The molecule has 2 N–H and O–H groups in total. The molecule has 1 aliphatic rings. The van der Waals surface area contributed by atoms with Crippen LogP contribution in [0.3, 0.4) is 0 Å². The van der Waals surface area contributed by atoms with Crippen molar-refractivity contribution in [3.8, 4) is 0 Å². The van der Waals surface area contributed by atoms with Crippen LogP contribution < -0.4 is 10.6 Å². The van der Waals surface area contributed by atoms with Gasteiger partial charge >= 0.3 is 0 Å². The van der Waals surface area contributed by atoms with Gasteiger partial charge in [0.15, 0.2) is 0 Å². The summed E-state index contributed by atoms with van der Waals surface area (Å²) in [5, 5.41) is 5.67. The molecule has 29 heavy (non-hydrogen) atoms. The van der Waals surface area contributed by atoms with Gasteiger partial charge < -0.3 is 15.1 Å². The predicted octanol–water partition coefficient (Wildman–Crippen LogP) is 1.77. The van der Waals surface area contributed by atoms with Gasteiger partial charge in [-0.1, -0.05) is 11.6 Å². The molecule has 1 aromatic carbocycles. The lowest BCUT2D eigenvalue weighted by Crippen LogP contribution is -2.47. The number of piperidine rings is 1. The number of sulfonamides is 1. The van der Waals surface area contributed by atoms with E-state index in [1.54, 1.807) is 12.1 Å². The number of benzene rings is 1. The van der Waals surface area contributed by atoms with Gasteiger partial charge in [-0.25, -0.2) is 8.42 Å². The van der Waals surface area contributed by atoms with Crippen molar-refractivity contribution < 1.29 is 22.4 Å². The molecule has 0 aliphatic carbocycles. The first kappa shape index (κ1) is 21.4. The van der Waals surface area contributed by atoms with Crippen LogP contribution in [0.2, 0.25) is 5.02 Å². The zero-order chi connectivity index (χ0) is 20.9. The number of nitrogens with one attached hydrogen (secondary N) is 2. The molecule has 1 aromatic heterocycles. The SMILES string of the molecule is O=C(CNC(=O)[C@@H]1CCCN(S(=O)(=O)c2ccc(Cl)cc2)C1)NCc1ccco1. The largest absolute Gasteiger partial charge is 0.467 e. The standard InChI is InChI=1S/C19H22ClN3O5S/c20-15-5-7-17(8-6-15)29(26,27)23-9-1-3-14(13-23)19(25)22-12-18(24)21-11-16-4-2-10-28-16/h2,4-8,10,14H,1,3,9,11-13H2,(H,21,24)(H,22,25)/t14-/m1/s1. The fourth-order valence-corrected chi connectivity index (χ4v) is 4.75. The van der Waals surface area contributed by atoms with E-state index in [0.717, 1.165) is 0 Å². The number of carbonyl (C=O) groups is 2. The Morgan fingerprint density at radius 2 is 1.93 bits per heavy atom. The van der Waals surface area contributed by atoms with Crippen molar-refractivity contribution in [1.82, 2.24) is 14.9 Å². The summed E-state index contributed by atoms with van der Waals surface area (Å²) in [7, 11) is -3.71. The van der Waals surface area contributed by atoms with Crippen LogP contribution in [-0.4, -0.2) is 44.2 Å². The Morgan fingerprint density at radius 1 is 1.17 bits per heavy atom. The van der Waals surface area contributed by atoms with E-state index < -0.39 is 15.9 Å². The number of carbonyl (C=O) groups excluding carboxylic acids is 2. The van der Waals surface area contributed by atoms with Crippen molar-refractivity contribution in [2.24, 2.45) is 5.92 Å². The smallest absolute Gasteiger partial charge is 0.243 e. The second-order valence-electron chi connectivity index (χ2n) is 6.73. The Hall–Kier alpha value is -2.36. The Kier molecular flexibility index (Phi) is 6.94. The van der Waals surface area contributed by atoms with Gasteiger partial charge in [0.25, 0.3) is 0 Å². The molecule has 0 bridgehead atoms.